The number of benzene rings is 1. The maximum Gasteiger partial charge on any atom is 0.332 e. The monoisotopic (exact) mass is 418 g/mol. The first-order valence-corrected chi connectivity index (χ1v) is 10.2. The molecule has 9 heteroatoms. The number of nitrogens with zero attached hydrogens (tertiary/aromatic N) is 4. The molecule has 0 fully saturated rings. The van der Waals surface area contributed by atoms with Gasteiger partial charge in [-0.25, -0.2) is 14.2 Å². The van der Waals surface area contributed by atoms with Crippen LogP contribution in [0.2, 0.25) is 0 Å². The highest BCUT2D eigenvalue weighted by molar-refractivity contribution is 5.71. The quantitative estimate of drug-likeness (QED) is 0.545. The molecule has 3 aromatic rings. The number of hydrogen-bond donors (Lipinski definition) is 1. The van der Waals surface area contributed by atoms with Gasteiger partial charge in [0.1, 0.15) is 30.6 Å². The van der Waals surface area contributed by atoms with Gasteiger partial charge in [-0.05, 0) is 37.1 Å². The van der Waals surface area contributed by atoms with Crippen molar-refractivity contribution in [1.29, 1.82) is 0 Å². The minimum absolute atomic E-state index is 0.0445. The third-order valence-electron chi connectivity index (χ3n) is 4.91. The smallest absolute Gasteiger partial charge is 0.332 e. The summed E-state index contributed by atoms with van der Waals surface area (Å²) in [5, 5.41) is 9.70. The van der Waals surface area contributed by atoms with Gasteiger partial charge in [-0.2, -0.15) is 0 Å². The summed E-state index contributed by atoms with van der Waals surface area (Å²) in [6.45, 7) is 4.74. The zero-order valence-electron chi connectivity index (χ0n) is 17.3. The number of aryl methyl sites for hydroxylation is 2. The van der Waals surface area contributed by atoms with Gasteiger partial charge in [0.05, 0.1) is 6.54 Å². The highest BCUT2D eigenvalue weighted by atomic mass is 19.1. The van der Waals surface area contributed by atoms with Crippen LogP contribution in [-0.2, 0) is 26.2 Å². The Kier molecular flexibility index (Phi) is 7.04. The minimum Gasteiger partial charge on any atom is -0.492 e. The highest BCUT2D eigenvalue weighted by Crippen LogP contribution is 2.14. The van der Waals surface area contributed by atoms with Crippen LogP contribution in [0.3, 0.4) is 0 Å². The number of aliphatic hydroxyl groups is 1. The summed E-state index contributed by atoms with van der Waals surface area (Å²) in [7, 11) is 0. The van der Waals surface area contributed by atoms with Gasteiger partial charge < -0.3 is 14.4 Å². The Hall–Kier alpha value is -2.94. The highest BCUT2D eigenvalue weighted by Gasteiger charge is 2.20. The Labute approximate surface area is 173 Å². The second-order valence-corrected chi connectivity index (χ2v) is 7.06. The van der Waals surface area contributed by atoms with Crippen molar-refractivity contribution in [2.45, 2.75) is 59.4 Å². The predicted octanol–water partition coefficient (Wildman–Crippen LogP) is 2.28. The van der Waals surface area contributed by atoms with E-state index >= 15 is 0 Å². The van der Waals surface area contributed by atoms with Crippen LogP contribution in [0.5, 0.6) is 5.75 Å². The Morgan fingerprint density at radius 3 is 2.37 bits per heavy atom. The number of ether oxygens (including phenoxy) is 1. The van der Waals surface area contributed by atoms with E-state index in [0.717, 1.165) is 23.8 Å². The van der Waals surface area contributed by atoms with Crippen molar-refractivity contribution in [3.63, 3.8) is 0 Å². The SMILES string of the molecule is CCCCn1c(=O)n(CCOc2ccc(F)cc2)c(=O)c2c1nc(CO)n2CCC. The summed E-state index contributed by atoms with van der Waals surface area (Å²) < 4.78 is 23.0. The van der Waals surface area contributed by atoms with Gasteiger partial charge >= 0.3 is 5.69 Å². The lowest BCUT2D eigenvalue weighted by Crippen LogP contribution is -2.41. The zero-order chi connectivity index (χ0) is 21.7. The molecule has 0 saturated carbocycles. The molecule has 0 spiro atoms. The molecule has 8 nitrogen and oxygen atoms in total. The number of halogens is 1. The molecule has 0 radical (unpaired) electrons. The van der Waals surface area contributed by atoms with Gasteiger partial charge in [0.15, 0.2) is 11.2 Å². The molecule has 0 atom stereocenters. The molecule has 0 amide bonds. The molecule has 3 rings (SSSR count). The number of hydrogen-bond acceptors (Lipinski definition) is 5. The Balaban J connectivity index is 2.03. The van der Waals surface area contributed by atoms with E-state index in [4.69, 9.17) is 4.74 Å². The van der Waals surface area contributed by atoms with Crippen molar-refractivity contribution in [1.82, 2.24) is 18.7 Å². The van der Waals surface area contributed by atoms with Crippen LogP contribution in [0.4, 0.5) is 4.39 Å². The van der Waals surface area contributed by atoms with Gasteiger partial charge in [-0.15, -0.1) is 0 Å². The zero-order valence-corrected chi connectivity index (χ0v) is 17.3. The molecule has 0 aliphatic rings. The molecule has 1 aromatic carbocycles. The molecule has 162 valence electrons. The van der Waals surface area contributed by atoms with Crippen LogP contribution in [0.25, 0.3) is 11.2 Å². The second-order valence-electron chi connectivity index (χ2n) is 7.06. The molecule has 2 aromatic heterocycles. The summed E-state index contributed by atoms with van der Waals surface area (Å²) in [5.74, 6) is 0.455. The molecule has 1 N–H and O–H groups in total. The number of imidazole rings is 1. The van der Waals surface area contributed by atoms with Crippen LogP contribution in [0, 0.1) is 5.82 Å². The topological polar surface area (TPSA) is 91.3 Å². The van der Waals surface area contributed by atoms with Crippen molar-refractivity contribution >= 4 is 11.2 Å². The number of fused-ring (bicyclic) bond motifs is 1. The minimum atomic E-state index is -0.453. The molecule has 0 saturated heterocycles. The maximum absolute atomic E-state index is 13.2. The first-order valence-electron chi connectivity index (χ1n) is 10.2. The molecule has 0 bridgehead atoms. The fourth-order valence-corrected chi connectivity index (χ4v) is 3.42. The average molecular weight is 418 g/mol. The van der Waals surface area contributed by atoms with Crippen LogP contribution < -0.4 is 16.0 Å². The summed E-state index contributed by atoms with van der Waals surface area (Å²) in [6, 6.07) is 5.55. The summed E-state index contributed by atoms with van der Waals surface area (Å²) >= 11 is 0. The first-order chi connectivity index (χ1) is 14.5. The first kappa shape index (κ1) is 21.8. The van der Waals surface area contributed by atoms with E-state index in [1.54, 1.807) is 4.57 Å². The average Bonchev–Trinajstić information content (AvgIpc) is 3.10. The van der Waals surface area contributed by atoms with E-state index < -0.39 is 11.2 Å². The van der Waals surface area contributed by atoms with Crippen LogP contribution in [0.15, 0.2) is 33.9 Å². The summed E-state index contributed by atoms with van der Waals surface area (Å²) in [5.41, 5.74) is -0.273. The molecule has 0 aliphatic carbocycles. The van der Waals surface area contributed by atoms with E-state index in [1.165, 1.54) is 28.8 Å². The van der Waals surface area contributed by atoms with E-state index in [-0.39, 0.29) is 25.6 Å². The summed E-state index contributed by atoms with van der Waals surface area (Å²) in [6.07, 6.45) is 2.39. The van der Waals surface area contributed by atoms with E-state index in [1.807, 2.05) is 13.8 Å². The number of rotatable bonds is 10. The van der Waals surface area contributed by atoms with Gasteiger partial charge in [0, 0.05) is 13.1 Å². The van der Waals surface area contributed by atoms with E-state index in [9.17, 15) is 19.1 Å². The number of aliphatic hydroxyl groups excluding tert-OH is 1. The summed E-state index contributed by atoms with van der Waals surface area (Å²) in [4.78, 5) is 30.7. The molecule has 0 unspecified atom stereocenters. The normalized spacial score (nSPS) is 11.3. The van der Waals surface area contributed by atoms with Crippen molar-refractivity contribution in [2.24, 2.45) is 0 Å². The van der Waals surface area contributed by atoms with Gasteiger partial charge in [-0.3, -0.25) is 13.9 Å². The third kappa shape index (κ3) is 4.30. The maximum atomic E-state index is 13.2. The standard InChI is InChI=1S/C21H27FN4O4/c1-3-5-11-25-19-18(24(10-4-2)17(14-27)23-19)20(28)26(21(25)29)12-13-30-16-8-6-15(22)7-9-16/h6-9,27H,3-5,10-14H2,1-2H3. The van der Waals surface area contributed by atoms with Crippen molar-refractivity contribution in [3.8, 4) is 5.75 Å². The lowest BCUT2D eigenvalue weighted by Gasteiger charge is -2.13. The Morgan fingerprint density at radius 2 is 1.73 bits per heavy atom. The van der Waals surface area contributed by atoms with Crippen LogP contribution in [-0.4, -0.2) is 30.4 Å². The van der Waals surface area contributed by atoms with Crippen molar-refractivity contribution in [3.05, 3.63) is 56.7 Å². The second kappa shape index (κ2) is 9.71. The van der Waals surface area contributed by atoms with Crippen LogP contribution in [0.1, 0.15) is 38.9 Å². The van der Waals surface area contributed by atoms with Crippen molar-refractivity contribution < 1.29 is 14.2 Å². The number of unbranched alkanes of at least 4 members (excludes halogenated alkanes) is 1. The Morgan fingerprint density at radius 1 is 1.00 bits per heavy atom. The van der Waals surface area contributed by atoms with Gasteiger partial charge in [-0.1, -0.05) is 20.3 Å². The lowest BCUT2D eigenvalue weighted by molar-refractivity contribution is 0.265. The predicted molar refractivity (Wildman–Crippen MR) is 111 cm³/mol. The molecule has 30 heavy (non-hydrogen) atoms. The van der Waals surface area contributed by atoms with Crippen molar-refractivity contribution in [2.75, 3.05) is 6.61 Å². The molecule has 2 heterocycles. The van der Waals surface area contributed by atoms with Gasteiger partial charge in [0.25, 0.3) is 5.56 Å². The number of aromatic nitrogens is 4. The largest absolute Gasteiger partial charge is 0.492 e. The fraction of sp³-hybridized carbons (Fsp3) is 0.476. The van der Waals surface area contributed by atoms with Gasteiger partial charge in [0.2, 0.25) is 0 Å². The third-order valence-corrected chi connectivity index (χ3v) is 4.91. The van der Waals surface area contributed by atoms with E-state index in [0.29, 0.717) is 35.8 Å². The fourth-order valence-electron chi connectivity index (χ4n) is 3.42. The Bertz CT molecular complexity index is 1120. The molecular formula is C21H27FN4O4. The molecule has 0 aliphatic heterocycles. The van der Waals surface area contributed by atoms with E-state index in [2.05, 4.69) is 4.98 Å². The van der Waals surface area contributed by atoms with Crippen LogP contribution >= 0.6 is 0 Å². The molecular weight excluding hydrogens is 391 g/mol. The lowest BCUT2D eigenvalue weighted by atomic mass is 10.3.